The summed E-state index contributed by atoms with van der Waals surface area (Å²) in [6.45, 7) is 3.92. The summed E-state index contributed by atoms with van der Waals surface area (Å²) in [5.41, 5.74) is 6.38. The Morgan fingerprint density at radius 2 is 1.20 bits per heavy atom. The average Bonchev–Trinajstić information content (AvgIpc) is 2.73. The van der Waals surface area contributed by atoms with Gasteiger partial charge in [0, 0.05) is 0 Å². The summed E-state index contributed by atoms with van der Waals surface area (Å²) in [5.74, 6) is 0.923. The second-order valence-electron chi connectivity index (χ2n) is 8.33. The maximum absolute atomic E-state index is 5.96. The van der Waals surface area contributed by atoms with Crippen molar-refractivity contribution in [3.63, 3.8) is 0 Å². The van der Waals surface area contributed by atoms with Crippen LogP contribution in [0.3, 0.4) is 0 Å². The Kier molecular flexibility index (Phi) is 9.12. The maximum atomic E-state index is 5.96. The van der Waals surface area contributed by atoms with Gasteiger partial charge in [-0.2, -0.15) is 0 Å². The Balaban J connectivity index is 0.00000320. The lowest BCUT2D eigenvalue weighted by Crippen LogP contribution is -3.00. The van der Waals surface area contributed by atoms with Crippen molar-refractivity contribution in [2.24, 2.45) is 0 Å². The Morgan fingerprint density at radius 1 is 0.700 bits per heavy atom. The molecule has 0 bridgehead atoms. The van der Waals surface area contributed by atoms with Gasteiger partial charge in [-0.15, -0.1) is 0 Å². The lowest BCUT2D eigenvalue weighted by molar-refractivity contribution is -0.870. The molecule has 3 heteroatoms. The SMILES string of the molecule is CC/C(=C(/c1ccccc1)c1ccc(OCC[N+](C)(C)C)cc1)c1ccccc1.[I-]. The second-order valence-corrected chi connectivity index (χ2v) is 8.33. The number of hydrogen-bond donors (Lipinski definition) is 0. The number of benzene rings is 3. The molecule has 0 aliphatic rings. The van der Waals surface area contributed by atoms with Crippen molar-refractivity contribution in [1.82, 2.24) is 0 Å². The molecule has 0 unspecified atom stereocenters. The summed E-state index contributed by atoms with van der Waals surface area (Å²) < 4.78 is 6.86. The monoisotopic (exact) mass is 513 g/mol. The first-order valence-corrected chi connectivity index (χ1v) is 10.4. The molecule has 0 radical (unpaired) electrons. The van der Waals surface area contributed by atoms with E-state index >= 15 is 0 Å². The Bertz CT molecular complexity index is 926. The highest BCUT2D eigenvalue weighted by atomic mass is 127. The third-order valence-electron chi connectivity index (χ3n) is 5.01. The summed E-state index contributed by atoms with van der Waals surface area (Å²) in [7, 11) is 6.54. The van der Waals surface area contributed by atoms with Gasteiger partial charge < -0.3 is 33.2 Å². The number of ether oxygens (including phenoxy) is 1. The van der Waals surface area contributed by atoms with Gasteiger partial charge in [0.2, 0.25) is 0 Å². The highest BCUT2D eigenvalue weighted by Gasteiger charge is 2.13. The quantitative estimate of drug-likeness (QED) is 0.256. The van der Waals surface area contributed by atoms with Gasteiger partial charge >= 0.3 is 0 Å². The van der Waals surface area contributed by atoms with E-state index < -0.39 is 0 Å². The molecule has 0 aliphatic carbocycles. The zero-order chi connectivity index (χ0) is 20.7. The number of likely N-dealkylation sites (N-methyl/N-ethyl adjacent to an activating group) is 1. The van der Waals surface area contributed by atoms with Crippen LogP contribution in [0.1, 0.15) is 30.0 Å². The van der Waals surface area contributed by atoms with Crippen LogP contribution in [0, 0.1) is 0 Å². The Labute approximate surface area is 198 Å². The molecule has 0 aromatic heterocycles. The second kappa shape index (κ2) is 11.3. The number of quaternary nitrogens is 1. The highest BCUT2D eigenvalue weighted by Crippen LogP contribution is 2.34. The van der Waals surface area contributed by atoms with Gasteiger partial charge in [0.15, 0.2) is 0 Å². The Hall–Kier alpha value is -2.11. The molecule has 0 fully saturated rings. The minimum atomic E-state index is 0. The predicted molar refractivity (Wildman–Crippen MR) is 124 cm³/mol. The topological polar surface area (TPSA) is 9.23 Å². The normalized spacial score (nSPS) is 12.0. The van der Waals surface area contributed by atoms with E-state index in [4.69, 9.17) is 4.74 Å². The van der Waals surface area contributed by atoms with E-state index in [-0.39, 0.29) is 24.0 Å². The van der Waals surface area contributed by atoms with Gasteiger partial charge in [0.25, 0.3) is 0 Å². The summed E-state index contributed by atoms with van der Waals surface area (Å²) in [6.07, 6.45) is 0.968. The molecule has 0 saturated heterocycles. The molecule has 0 saturated carbocycles. The maximum Gasteiger partial charge on any atom is 0.137 e. The van der Waals surface area contributed by atoms with Crippen LogP contribution >= 0.6 is 0 Å². The van der Waals surface area contributed by atoms with E-state index in [0.717, 1.165) is 23.2 Å². The molecule has 0 spiro atoms. The smallest absolute Gasteiger partial charge is 0.137 e. The van der Waals surface area contributed by atoms with E-state index in [1.165, 1.54) is 27.8 Å². The molecule has 2 nitrogen and oxygen atoms in total. The van der Waals surface area contributed by atoms with Gasteiger partial charge in [-0.3, -0.25) is 0 Å². The van der Waals surface area contributed by atoms with Gasteiger partial charge in [0.1, 0.15) is 18.9 Å². The fourth-order valence-corrected chi connectivity index (χ4v) is 3.44. The van der Waals surface area contributed by atoms with E-state index in [1.54, 1.807) is 0 Å². The van der Waals surface area contributed by atoms with E-state index in [0.29, 0.717) is 6.61 Å². The van der Waals surface area contributed by atoms with Crippen molar-refractivity contribution in [2.75, 3.05) is 34.3 Å². The van der Waals surface area contributed by atoms with Crippen LogP contribution in [0.2, 0.25) is 0 Å². The van der Waals surface area contributed by atoms with Crippen molar-refractivity contribution in [3.8, 4) is 5.75 Å². The van der Waals surface area contributed by atoms with E-state index in [1.807, 2.05) is 0 Å². The number of nitrogens with zero attached hydrogens (tertiary/aromatic N) is 1. The minimum absolute atomic E-state index is 0. The molecular formula is C27H32INO. The molecule has 3 rings (SSSR count). The van der Waals surface area contributed by atoms with Crippen molar-refractivity contribution < 1.29 is 33.2 Å². The van der Waals surface area contributed by atoms with E-state index in [9.17, 15) is 0 Å². The lowest BCUT2D eigenvalue weighted by atomic mass is 9.88. The fourth-order valence-electron chi connectivity index (χ4n) is 3.44. The van der Waals surface area contributed by atoms with Crippen LogP contribution in [-0.2, 0) is 0 Å². The molecule has 0 aliphatic heterocycles. The first kappa shape index (κ1) is 24.2. The number of hydrogen-bond acceptors (Lipinski definition) is 1. The molecule has 158 valence electrons. The third kappa shape index (κ3) is 6.71. The number of halogens is 1. The van der Waals surface area contributed by atoms with Crippen LogP contribution in [0.4, 0.5) is 0 Å². The standard InChI is InChI=1S/C27H32NO.HI/c1-5-26(22-12-8-6-9-13-22)27(23-14-10-7-11-15-23)24-16-18-25(19-17-24)29-21-20-28(2,3)4;/h6-19H,5,20-21H2,1-4H3;1H/q+1;/p-1/b27-26+;. The molecule has 3 aromatic carbocycles. The first-order valence-electron chi connectivity index (χ1n) is 10.4. The largest absolute Gasteiger partial charge is 1.00 e. The van der Waals surface area contributed by atoms with Crippen molar-refractivity contribution in [2.45, 2.75) is 13.3 Å². The number of rotatable bonds is 8. The molecule has 0 N–H and O–H groups in total. The number of allylic oxidation sites excluding steroid dienone is 1. The molecule has 0 heterocycles. The van der Waals surface area contributed by atoms with Crippen molar-refractivity contribution in [1.29, 1.82) is 0 Å². The summed E-state index contributed by atoms with van der Waals surface area (Å²) in [6, 6.07) is 29.9. The summed E-state index contributed by atoms with van der Waals surface area (Å²) in [4.78, 5) is 0. The fraction of sp³-hybridized carbons (Fsp3) is 0.259. The molecule has 3 aromatic rings. The highest BCUT2D eigenvalue weighted by molar-refractivity contribution is 5.98. The molecule has 0 amide bonds. The van der Waals surface area contributed by atoms with Crippen LogP contribution in [-0.4, -0.2) is 38.8 Å². The van der Waals surface area contributed by atoms with Gasteiger partial charge in [0.05, 0.1) is 21.1 Å². The van der Waals surface area contributed by atoms with Crippen molar-refractivity contribution >= 4 is 11.1 Å². The van der Waals surface area contributed by atoms with Crippen LogP contribution in [0.5, 0.6) is 5.75 Å². The molecule has 0 atom stereocenters. The summed E-state index contributed by atoms with van der Waals surface area (Å²) in [5, 5.41) is 0. The lowest BCUT2D eigenvalue weighted by Gasteiger charge is -2.23. The zero-order valence-electron chi connectivity index (χ0n) is 18.4. The molecule has 30 heavy (non-hydrogen) atoms. The third-order valence-corrected chi connectivity index (χ3v) is 5.01. The van der Waals surface area contributed by atoms with Crippen LogP contribution < -0.4 is 28.7 Å². The molecular weight excluding hydrogens is 481 g/mol. The van der Waals surface area contributed by atoms with Gasteiger partial charge in [-0.25, -0.2) is 0 Å². The first-order chi connectivity index (χ1) is 14.0. The van der Waals surface area contributed by atoms with Crippen LogP contribution in [0.15, 0.2) is 84.9 Å². The van der Waals surface area contributed by atoms with Crippen molar-refractivity contribution in [3.05, 3.63) is 102 Å². The summed E-state index contributed by atoms with van der Waals surface area (Å²) >= 11 is 0. The predicted octanol–water partition coefficient (Wildman–Crippen LogP) is 3.14. The van der Waals surface area contributed by atoms with Crippen LogP contribution in [0.25, 0.3) is 11.1 Å². The van der Waals surface area contributed by atoms with Gasteiger partial charge in [-0.05, 0) is 46.4 Å². The average molecular weight is 513 g/mol. The zero-order valence-corrected chi connectivity index (χ0v) is 20.6. The Morgan fingerprint density at radius 3 is 1.70 bits per heavy atom. The van der Waals surface area contributed by atoms with Gasteiger partial charge in [-0.1, -0.05) is 79.7 Å². The van der Waals surface area contributed by atoms with E-state index in [2.05, 4.69) is 113 Å². The minimum Gasteiger partial charge on any atom is -1.00 e.